The third kappa shape index (κ3) is 6.12. The van der Waals surface area contributed by atoms with Crippen LogP contribution in [0.5, 0.6) is 5.75 Å². The molecule has 0 bridgehead atoms. The topological polar surface area (TPSA) is 76.1 Å². The van der Waals surface area contributed by atoms with Crippen molar-refractivity contribution in [1.82, 2.24) is 4.90 Å². The van der Waals surface area contributed by atoms with Crippen LogP contribution in [0, 0.1) is 0 Å². The van der Waals surface area contributed by atoms with Gasteiger partial charge in [-0.1, -0.05) is 16.1 Å². The first-order valence-corrected chi connectivity index (χ1v) is 10.4. The van der Waals surface area contributed by atoms with Crippen LogP contribution >= 0.6 is 11.6 Å². The molecule has 0 aliphatic carbocycles. The summed E-state index contributed by atoms with van der Waals surface area (Å²) in [6, 6.07) is 11.9. The molecule has 7 nitrogen and oxygen atoms in total. The van der Waals surface area contributed by atoms with E-state index in [0.717, 1.165) is 19.9 Å². The third-order valence-electron chi connectivity index (χ3n) is 3.61. The predicted octanol–water partition coefficient (Wildman–Crippen LogP) is 3.34. The van der Waals surface area contributed by atoms with Crippen molar-refractivity contribution in [3.63, 3.8) is 0 Å². The number of rotatable bonds is 9. The van der Waals surface area contributed by atoms with E-state index in [1.165, 1.54) is 36.4 Å². The number of carbonyl (C=O) groups is 1. The summed E-state index contributed by atoms with van der Waals surface area (Å²) in [6.07, 6.45) is 0.851. The van der Waals surface area contributed by atoms with Gasteiger partial charge in [-0.25, -0.2) is 4.79 Å². The van der Waals surface area contributed by atoms with Gasteiger partial charge in [-0.2, -0.15) is 8.42 Å². The minimum Gasteiger partial charge on any atom is -0.494 e. The van der Waals surface area contributed by atoms with Gasteiger partial charge in [-0.15, -0.1) is 0 Å². The van der Waals surface area contributed by atoms with E-state index in [0.29, 0.717) is 21.8 Å². The Morgan fingerprint density at radius 2 is 1.64 bits per heavy atom. The Bertz CT molecular complexity index is 884. The molecule has 2 rings (SSSR count). The summed E-state index contributed by atoms with van der Waals surface area (Å²) in [5.74, 6) is -0.206. The Labute approximate surface area is 170 Å². The van der Waals surface area contributed by atoms with E-state index in [9.17, 15) is 13.2 Å². The van der Waals surface area contributed by atoms with Crippen LogP contribution in [0.1, 0.15) is 13.3 Å². The normalized spacial score (nSPS) is 11.3. The molecular formula is C19H23ClN2O5S. The highest BCUT2D eigenvalue weighted by Gasteiger charge is 2.28. The molecule has 0 heterocycles. The van der Waals surface area contributed by atoms with Crippen molar-refractivity contribution in [3.8, 4) is 5.75 Å². The van der Waals surface area contributed by atoms with Gasteiger partial charge in [0.2, 0.25) is 0 Å². The van der Waals surface area contributed by atoms with Gasteiger partial charge in [0.15, 0.2) is 0 Å². The SMILES string of the molecule is CC(=O)ON(c1ccc(Cl)cc1)S(=O)(=O)c1ccc(OCCCN(C)C)cc1. The van der Waals surface area contributed by atoms with E-state index in [1.54, 1.807) is 12.1 Å². The van der Waals surface area contributed by atoms with Crippen molar-refractivity contribution in [3.05, 3.63) is 53.6 Å². The van der Waals surface area contributed by atoms with E-state index >= 15 is 0 Å². The number of anilines is 1. The number of sulfonamides is 1. The lowest BCUT2D eigenvalue weighted by Crippen LogP contribution is -2.33. The van der Waals surface area contributed by atoms with Gasteiger partial charge >= 0.3 is 5.97 Å². The van der Waals surface area contributed by atoms with E-state index in [-0.39, 0.29) is 10.6 Å². The zero-order valence-electron chi connectivity index (χ0n) is 16.0. The molecule has 0 radical (unpaired) electrons. The second-order valence-electron chi connectivity index (χ2n) is 6.27. The van der Waals surface area contributed by atoms with Crippen LogP contribution in [0.3, 0.4) is 0 Å². The maximum atomic E-state index is 13.0. The molecule has 152 valence electrons. The largest absolute Gasteiger partial charge is 0.494 e. The highest BCUT2D eigenvalue weighted by atomic mass is 35.5. The molecule has 0 spiro atoms. The van der Waals surface area contributed by atoms with Crippen LogP contribution in [-0.2, 0) is 19.7 Å². The second-order valence-corrected chi connectivity index (χ2v) is 8.46. The minimum atomic E-state index is -4.13. The Morgan fingerprint density at radius 1 is 1.04 bits per heavy atom. The summed E-state index contributed by atoms with van der Waals surface area (Å²) in [6.45, 7) is 2.54. The molecule has 0 aliphatic heterocycles. The van der Waals surface area contributed by atoms with Gasteiger partial charge in [-0.05, 0) is 69.0 Å². The van der Waals surface area contributed by atoms with Crippen molar-refractivity contribution in [2.75, 3.05) is 31.7 Å². The van der Waals surface area contributed by atoms with Crippen molar-refractivity contribution < 1.29 is 22.8 Å². The molecule has 28 heavy (non-hydrogen) atoms. The van der Waals surface area contributed by atoms with Gasteiger partial charge in [-0.3, -0.25) is 0 Å². The Balaban J connectivity index is 2.19. The third-order valence-corrected chi connectivity index (χ3v) is 5.45. The highest BCUT2D eigenvalue weighted by molar-refractivity contribution is 7.92. The van der Waals surface area contributed by atoms with E-state index < -0.39 is 16.0 Å². The number of hydrogen-bond acceptors (Lipinski definition) is 6. The molecule has 0 amide bonds. The minimum absolute atomic E-state index is 0.0376. The van der Waals surface area contributed by atoms with E-state index in [2.05, 4.69) is 4.90 Å². The summed E-state index contributed by atoms with van der Waals surface area (Å²) < 4.78 is 32.1. The van der Waals surface area contributed by atoms with Crippen LogP contribution in [0.25, 0.3) is 0 Å². The molecule has 0 unspecified atom stereocenters. The van der Waals surface area contributed by atoms with Gasteiger partial charge < -0.3 is 14.5 Å². The van der Waals surface area contributed by atoms with Gasteiger partial charge in [0, 0.05) is 18.5 Å². The monoisotopic (exact) mass is 426 g/mol. The fourth-order valence-corrected chi connectivity index (χ4v) is 3.69. The fourth-order valence-electron chi connectivity index (χ4n) is 2.29. The standard InChI is InChI=1S/C19H23ClN2O5S/c1-15(23)27-22(17-7-5-16(20)6-8-17)28(24,25)19-11-9-18(10-12-19)26-14-4-13-21(2)3/h5-12H,4,13-14H2,1-3H3. The van der Waals surface area contributed by atoms with E-state index in [4.69, 9.17) is 21.2 Å². The molecular weight excluding hydrogens is 404 g/mol. The van der Waals surface area contributed by atoms with Crippen molar-refractivity contribution in [2.45, 2.75) is 18.2 Å². The molecule has 0 atom stereocenters. The van der Waals surface area contributed by atoms with Crippen LogP contribution < -0.4 is 9.21 Å². The Morgan fingerprint density at radius 3 is 2.18 bits per heavy atom. The van der Waals surface area contributed by atoms with Crippen molar-refractivity contribution in [1.29, 1.82) is 0 Å². The fraction of sp³-hybridized carbons (Fsp3) is 0.316. The number of halogens is 1. The van der Waals surface area contributed by atoms with Crippen LogP contribution in [-0.4, -0.2) is 46.5 Å². The average Bonchev–Trinajstić information content (AvgIpc) is 2.64. The number of benzene rings is 2. The van der Waals surface area contributed by atoms with Gasteiger partial charge in [0.05, 0.1) is 17.2 Å². The Hall–Kier alpha value is -2.29. The molecule has 2 aromatic rings. The quantitative estimate of drug-likeness (QED) is 0.452. The van der Waals surface area contributed by atoms with Crippen LogP contribution in [0.2, 0.25) is 5.02 Å². The number of nitrogens with zero attached hydrogens (tertiary/aromatic N) is 2. The lowest BCUT2D eigenvalue weighted by molar-refractivity contribution is -0.140. The molecule has 9 heteroatoms. The van der Waals surface area contributed by atoms with Crippen molar-refractivity contribution in [2.24, 2.45) is 0 Å². The molecule has 0 N–H and O–H groups in total. The first kappa shape index (κ1) is 22.0. The van der Waals surface area contributed by atoms with E-state index in [1.807, 2.05) is 14.1 Å². The summed E-state index contributed by atoms with van der Waals surface area (Å²) in [4.78, 5) is 18.4. The molecule has 2 aromatic carbocycles. The summed E-state index contributed by atoms with van der Waals surface area (Å²) in [5, 5.41) is 0.430. The van der Waals surface area contributed by atoms with Gasteiger partial charge in [0.1, 0.15) is 5.75 Å². The summed E-state index contributed by atoms with van der Waals surface area (Å²) >= 11 is 5.85. The Kier molecular flexibility index (Phi) is 7.68. The van der Waals surface area contributed by atoms with Gasteiger partial charge in [0.25, 0.3) is 10.0 Å². The average molecular weight is 427 g/mol. The first-order chi connectivity index (χ1) is 13.2. The smallest absolute Gasteiger partial charge is 0.330 e. The summed E-state index contributed by atoms with van der Waals surface area (Å²) in [5.41, 5.74) is 0.156. The predicted molar refractivity (Wildman–Crippen MR) is 108 cm³/mol. The molecule has 0 aromatic heterocycles. The van der Waals surface area contributed by atoms with Crippen molar-refractivity contribution >= 4 is 33.3 Å². The zero-order valence-corrected chi connectivity index (χ0v) is 17.5. The number of ether oxygens (including phenoxy) is 1. The van der Waals surface area contributed by atoms with Crippen LogP contribution in [0.4, 0.5) is 5.69 Å². The molecule has 0 saturated heterocycles. The highest BCUT2D eigenvalue weighted by Crippen LogP contribution is 2.27. The van der Waals surface area contributed by atoms with Crippen LogP contribution in [0.15, 0.2) is 53.4 Å². The lowest BCUT2D eigenvalue weighted by Gasteiger charge is -2.22. The maximum absolute atomic E-state index is 13.0. The molecule has 0 saturated carbocycles. The molecule has 0 aliphatic rings. The second kappa shape index (κ2) is 9.77. The number of carbonyl (C=O) groups excluding carboxylic acids is 1. The lowest BCUT2D eigenvalue weighted by atomic mass is 10.3. The zero-order chi connectivity index (χ0) is 20.7. The number of hydrogen-bond donors (Lipinski definition) is 0. The first-order valence-electron chi connectivity index (χ1n) is 8.57. The molecule has 0 fully saturated rings. The maximum Gasteiger partial charge on any atom is 0.330 e. The summed E-state index contributed by atoms with van der Waals surface area (Å²) in [7, 11) is -0.168.